The molecule has 1 spiro atoms. The van der Waals surface area contributed by atoms with Crippen LogP contribution in [0.1, 0.15) is 66.3 Å². The molecule has 14 heteroatoms. The number of halogens is 3. The molecule has 2 bridgehead atoms. The van der Waals surface area contributed by atoms with Crippen LogP contribution in [-0.4, -0.2) is 98.7 Å². The summed E-state index contributed by atoms with van der Waals surface area (Å²) in [6.07, 6.45) is 2.44. The highest BCUT2D eigenvalue weighted by atomic mass is 35.5. The van der Waals surface area contributed by atoms with E-state index in [9.17, 15) is 14.4 Å². The highest BCUT2D eigenvalue weighted by molar-refractivity contribution is 6.40. The molecule has 0 aliphatic carbocycles. The molecule has 0 radical (unpaired) electrons. The van der Waals surface area contributed by atoms with E-state index in [1.807, 2.05) is 26.8 Å². The second kappa shape index (κ2) is 13.8. The van der Waals surface area contributed by atoms with E-state index >= 15 is 4.39 Å². The van der Waals surface area contributed by atoms with Crippen LogP contribution in [0.5, 0.6) is 5.75 Å². The van der Waals surface area contributed by atoms with E-state index in [4.69, 9.17) is 42.1 Å². The zero-order chi connectivity index (χ0) is 38.1. The fraction of sp³-hybridized carbons (Fsp3) is 0.475. The van der Waals surface area contributed by atoms with Gasteiger partial charge in [0, 0.05) is 54.0 Å². The predicted molar refractivity (Wildman–Crippen MR) is 202 cm³/mol. The van der Waals surface area contributed by atoms with Gasteiger partial charge in [-0.3, -0.25) is 4.79 Å². The summed E-state index contributed by atoms with van der Waals surface area (Å²) >= 11 is 13.6. The standard InChI is InChI=1S/C40H43Cl2FN4O7/c1-39(2,3)54-38(50)46-20-40(21-46)10-11-44(19-40)26-12-30(41)34(31(42)13-26)36(48)45-16-23-6-5-7-27(35(23)53-22-45)28-15-33(29(14-32(28)43)37(49)51-4)47-24-8-9-25(47)18-52-17-24/h5-7,12-15,24-25H,8-11,16-22H2,1-4H3. The second-order valence-corrected chi connectivity index (χ2v) is 16.8. The molecular formula is C40H43Cl2FN4O7. The number of carbonyl (C=O) groups excluding carboxylic acids is 3. The average molecular weight is 782 g/mol. The van der Waals surface area contributed by atoms with Crippen LogP contribution in [-0.2, 0) is 20.8 Å². The van der Waals surface area contributed by atoms with E-state index in [1.54, 1.807) is 35.2 Å². The van der Waals surface area contributed by atoms with Gasteiger partial charge in [-0.25, -0.2) is 14.0 Å². The van der Waals surface area contributed by atoms with E-state index < -0.39 is 23.3 Å². The lowest BCUT2D eigenvalue weighted by Crippen LogP contribution is -2.60. The molecule has 5 aliphatic rings. The number of esters is 1. The molecule has 8 rings (SSSR count). The fourth-order valence-electron chi connectivity index (χ4n) is 8.63. The summed E-state index contributed by atoms with van der Waals surface area (Å²) < 4.78 is 38.5. The van der Waals surface area contributed by atoms with Crippen molar-refractivity contribution in [1.29, 1.82) is 0 Å². The van der Waals surface area contributed by atoms with Gasteiger partial charge >= 0.3 is 12.1 Å². The first-order chi connectivity index (χ1) is 25.7. The Morgan fingerprint density at radius 2 is 1.65 bits per heavy atom. The monoisotopic (exact) mass is 780 g/mol. The summed E-state index contributed by atoms with van der Waals surface area (Å²) in [7, 11) is 1.29. The minimum absolute atomic E-state index is 0.0300. The maximum atomic E-state index is 16.0. The van der Waals surface area contributed by atoms with Crippen LogP contribution < -0.4 is 14.5 Å². The number of carbonyl (C=O) groups is 3. The van der Waals surface area contributed by atoms with Crippen molar-refractivity contribution < 1.29 is 37.7 Å². The molecule has 3 aromatic carbocycles. The quantitative estimate of drug-likeness (QED) is 0.246. The van der Waals surface area contributed by atoms with Crippen molar-refractivity contribution in [3.63, 3.8) is 0 Å². The van der Waals surface area contributed by atoms with E-state index in [0.717, 1.165) is 38.0 Å². The second-order valence-electron chi connectivity index (χ2n) is 16.0. The lowest BCUT2D eigenvalue weighted by atomic mass is 9.79. The van der Waals surface area contributed by atoms with Gasteiger partial charge in [-0.1, -0.05) is 41.4 Å². The summed E-state index contributed by atoms with van der Waals surface area (Å²) in [4.78, 5) is 46.9. The third kappa shape index (κ3) is 6.60. The summed E-state index contributed by atoms with van der Waals surface area (Å²) in [6.45, 7) is 9.44. The molecule has 4 fully saturated rings. The van der Waals surface area contributed by atoms with Crippen molar-refractivity contribution in [2.24, 2.45) is 5.41 Å². The molecule has 2 atom stereocenters. The molecule has 11 nitrogen and oxygen atoms in total. The van der Waals surface area contributed by atoms with Gasteiger partial charge in [-0.2, -0.15) is 0 Å². The number of para-hydroxylation sites is 1. The fourth-order valence-corrected chi connectivity index (χ4v) is 9.27. The number of ether oxygens (including phenoxy) is 4. The Balaban J connectivity index is 0.997. The van der Waals surface area contributed by atoms with Crippen LogP contribution in [0.2, 0.25) is 10.0 Å². The molecule has 0 saturated carbocycles. The van der Waals surface area contributed by atoms with Gasteiger partial charge in [0.1, 0.15) is 17.2 Å². The average Bonchev–Trinajstić information content (AvgIpc) is 3.67. The molecule has 4 saturated heterocycles. The summed E-state index contributed by atoms with van der Waals surface area (Å²) in [6, 6.07) is 12.0. The van der Waals surface area contributed by atoms with E-state index in [1.165, 1.54) is 18.1 Å². The first kappa shape index (κ1) is 36.7. The van der Waals surface area contributed by atoms with Crippen molar-refractivity contribution in [1.82, 2.24) is 9.80 Å². The Kier molecular flexibility index (Phi) is 9.38. The molecular weight excluding hydrogens is 738 g/mol. The zero-order valence-corrected chi connectivity index (χ0v) is 32.3. The van der Waals surface area contributed by atoms with E-state index in [0.29, 0.717) is 48.9 Å². The lowest BCUT2D eigenvalue weighted by Gasteiger charge is -2.47. The van der Waals surface area contributed by atoms with Crippen LogP contribution in [0.15, 0.2) is 42.5 Å². The zero-order valence-electron chi connectivity index (χ0n) is 30.8. The van der Waals surface area contributed by atoms with Crippen LogP contribution >= 0.6 is 23.2 Å². The third-order valence-corrected chi connectivity index (χ3v) is 11.8. The summed E-state index contributed by atoms with van der Waals surface area (Å²) in [5.41, 5.74) is 2.65. The number of fused-ring (bicyclic) bond motifs is 3. The van der Waals surface area contributed by atoms with E-state index in [-0.39, 0.29) is 63.6 Å². The Labute approximate surface area is 323 Å². The molecule has 54 heavy (non-hydrogen) atoms. The predicted octanol–water partition coefficient (Wildman–Crippen LogP) is 7.39. The number of amides is 2. The highest BCUT2D eigenvalue weighted by Crippen LogP contribution is 2.45. The van der Waals surface area contributed by atoms with Crippen molar-refractivity contribution >= 4 is 52.5 Å². The number of anilines is 2. The smallest absolute Gasteiger partial charge is 0.410 e. The molecule has 5 aliphatic heterocycles. The molecule has 3 aromatic rings. The first-order valence-corrected chi connectivity index (χ1v) is 19.0. The SMILES string of the molecule is COC(=O)c1cc(F)c(-c2cccc3c2OCN(C(=O)c2c(Cl)cc(N4CCC5(CN(C(=O)OC(C)(C)C)C5)C4)cc2Cl)C3)cc1N1C2CCC1COC2. The maximum Gasteiger partial charge on any atom is 0.410 e. The number of hydrogen-bond donors (Lipinski definition) is 0. The van der Waals surface area contributed by atoms with Gasteiger partial charge in [0.25, 0.3) is 5.91 Å². The van der Waals surface area contributed by atoms with Crippen molar-refractivity contribution in [2.75, 3.05) is 63.0 Å². The number of likely N-dealkylation sites (tertiary alicyclic amines) is 1. The molecule has 2 amide bonds. The number of hydrogen-bond acceptors (Lipinski definition) is 9. The molecule has 286 valence electrons. The Hall–Kier alpha value is -4.26. The van der Waals surface area contributed by atoms with Gasteiger partial charge in [0.2, 0.25) is 0 Å². The van der Waals surface area contributed by atoms with Gasteiger partial charge in [0.05, 0.1) is 65.8 Å². The number of methoxy groups -OCH3 is 1. The van der Waals surface area contributed by atoms with Crippen molar-refractivity contribution in [3.8, 4) is 16.9 Å². The van der Waals surface area contributed by atoms with Gasteiger partial charge < -0.3 is 38.5 Å². The Morgan fingerprint density at radius 3 is 2.31 bits per heavy atom. The summed E-state index contributed by atoms with van der Waals surface area (Å²) in [5, 5.41) is 0.453. The summed E-state index contributed by atoms with van der Waals surface area (Å²) in [5.74, 6) is -1.13. The maximum absolute atomic E-state index is 16.0. The normalized spacial score (nSPS) is 21.5. The lowest BCUT2D eigenvalue weighted by molar-refractivity contribution is -0.0266. The van der Waals surface area contributed by atoms with Gasteiger partial charge in [-0.15, -0.1) is 0 Å². The topological polar surface area (TPSA) is 101 Å². The van der Waals surface area contributed by atoms with Gasteiger partial charge in [-0.05, 0) is 64.3 Å². The van der Waals surface area contributed by atoms with Crippen molar-refractivity contribution in [3.05, 3.63) is 75.0 Å². The Bertz CT molecular complexity index is 1990. The third-order valence-electron chi connectivity index (χ3n) is 11.2. The molecule has 2 unspecified atom stereocenters. The number of nitrogens with zero attached hydrogens (tertiary/aromatic N) is 4. The highest BCUT2D eigenvalue weighted by Gasteiger charge is 2.50. The molecule has 5 heterocycles. The number of benzene rings is 3. The van der Waals surface area contributed by atoms with Gasteiger partial charge in [0.15, 0.2) is 6.73 Å². The van der Waals surface area contributed by atoms with Crippen LogP contribution in [0.4, 0.5) is 20.6 Å². The number of morpholine rings is 1. The first-order valence-electron chi connectivity index (χ1n) is 18.3. The molecule has 0 aromatic heterocycles. The Morgan fingerprint density at radius 1 is 0.944 bits per heavy atom. The minimum atomic E-state index is -0.610. The van der Waals surface area contributed by atoms with Crippen LogP contribution in [0, 0.1) is 11.2 Å². The minimum Gasteiger partial charge on any atom is -0.472 e. The van der Waals surface area contributed by atoms with Crippen LogP contribution in [0.25, 0.3) is 11.1 Å². The molecule has 0 N–H and O–H groups in total. The van der Waals surface area contributed by atoms with Crippen LogP contribution in [0.3, 0.4) is 0 Å². The largest absolute Gasteiger partial charge is 0.472 e. The van der Waals surface area contributed by atoms with E-state index in [2.05, 4.69) is 9.80 Å². The van der Waals surface area contributed by atoms with Crippen molar-refractivity contribution in [2.45, 2.75) is 64.3 Å². The number of rotatable bonds is 5.